The molecular weight excluding hydrogens is 320 g/mol. The number of methoxy groups -OCH3 is 1. The third kappa shape index (κ3) is 3.64. The topological polar surface area (TPSA) is 84.9 Å². The van der Waals surface area contributed by atoms with Gasteiger partial charge in [-0.25, -0.2) is 9.59 Å². The van der Waals surface area contributed by atoms with Gasteiger partial charge in [-0.2, -0.15) is 0 Å². The van der Waals surface area contributed by atoms with Crippen LogP contribution in [0.2, 0.25) is 0 Å². The average Bonchev–Trinajstić information content (AvgIpc) is 2.90. The third-order valence-corrected chi connectivity index (χ3v) is 4.68. The lowest BCUT2D eigenvalue weighted by Gasteiger charge is -2.25. The van der Waals surface area contributed by atoms with E-state index in [4.69, 9.17) is 9.47 Å². The van der Waals surface area contributed by atoms with E-state index in [0.717, 1.165) is 10.4 Å². The summed E-state index contributed by atoms with van der Waals surface area (Å²) < 4.78 is 9.85. The number of ether oxygens (including phenoxy) is 2. The number of thiophene rings is 1. The Bertz CT molecular complexity index is 626. The molecule has 0 aromatic carbocycles. The minimum absolute atomic E-state index is 0.168. The van der Waals surface area contributed by atoms with E-state index in [9.17, 15) is 14.4 Å². The first-order chi connectivity index (χ1) is 11.0. The fourth-order valence-electron chi connectivity index (χ4n) is 2.41. The molecule has 2 rings (SSSR count). The predicted molar refractivity (Wildman–Crippen MR) is 85.7 cm³/mol. The molecule has 23 heavy (non-hydrogen) atoms. The summed E-state index contributed by atoms with van der Waals surface area (Å²) in [7, 11) is 1.34. The number of rotatable bonds is 4. The second kappa shape index (κ2) is 7.45. The van der Waals surface area contributed by atoms with Crippen molar-refractivity contribution in [2.75, 3.05) is 25.6 Å². The van der Waals surface area contributed by atoms with Crippen molar-refractivity contribution in [1.82, 2.24) is 4.90 Å². The van der Waals surface area contributed by atoms with Crippen molar-refractivity contribution < 1.29 is 23.9 Å². The van der Waals surface area contributed by atoms with Gasteiger partial charge < -0.3 is 19.7 Å². The molecule has 0 spiro atoms. The largest absolute Gasteiger partial charge is 0.462 e. The number of hydrogen-bond donors (Lipinski definition) is 1. The molecule has 0 bridgehead atoms. The van der Waals surface area contributed by atoms with Gasteiger partial charge in [0.05, 0.1) is 25.8 Å². The van der Waals surface area contributed by atoms with Gasteiger partial charge >= 0.3 is 12.1 Å². The summed E-state index contributed by atoms with van der Waals surface area (Å²) in [4.78, 5) is 38.1. The number of carbonyl (C=O) groups is 3. The molecule has 1 aromatic heterocycles. The third-order valence-electron chi connectivity index (χ3n) is 3.54. The number of fused-ring (bicyclic) bond motifs is 1. The Morgan fingerprint density at radius 1 is 1.30 bits per heavy atom. The van der Waals surface area contributed by atoms with Crippen LogP contribution >= 0.6 is 11.3 Å². The van der Waals surface area contributed by atoms with Crippen LogP contribution in [-0.2, 0) is 27.2 Å². The van der Waals surface area contributed by atoms with Crippen LogP contribution in [0.3, 0.4) is 0 Å². The van der Waals surface area contributed by atoms with Gasteiger partial charge in [-0.3, -0.25) is 4.79 Å². The van der Waals surface area contributed by atoms with Crippen molar-refractivity contribution in [2.45, 2.75) is 33.2 Å². The van der Waals surface area contributed by atoms with Crippen molar-refractivity contribution in [2.24, 2.45) is 0 Å². The molecule has 0 aliphatic carbocycles. The zero-order valence-electron chi connectivity index (χ0n) is 13.4. The fraction of sp³-hybridized carbons (Fsp3) is 0.533. The summed E-state index contributed by atoms with van der Waals surface area (Å²) in [5, 5.41) is 3.25. The molecule has 0 fully saturated rings. The van der Waals surface area contributed by atoms with Crippen molar-refractivity contribution >= 4 is 34.3 Å². The van der Waals surface area contributed by atoms with Crippen LogP contribution in [0.25, 0.3) is 0 Å². The van der Waals surface area contributed by atoms with Crippen LogP contribution in [-0.4, -0.2) is 43.1 Å². The maximum atomic E-state index is 12.3. The summed E-state index contributed by atoms with van der Waals surface area (Å²) in [6, 6.07) is 0. The van der Waals surface area contributed by atoms with E-state index in [1.807, 2.05) is 0 Å². The molecule has 2 heterocycles. The maximum absolute atomic E-state index is 12.3. The Morgan fingerprint density at radius 3 is 2.65 bits per heavy atom. The number of anilines is 1. The minimum Gasteiger partial charge on any atom is -0.462 e. The van der Waals surface area contributed by atoms with Crippen LogP contribution in [0, 0.1) is 0 Å². The molecular formula is C15H20N2O5S. The molecule has 7 nitrogen and oxygen atoms in total. The quantitative estimate of drug-likeness (QED) is 0.851. The number of nitrogens with one attached hydrogen (secondary N) is 1. The second-order valence-electron chi connectivity index (χ2n) is 4.97. The maximum Gasteiger partial charge on any atom is 0.409 e. The number of hydrogen-bond acceptors (Lipinski definition) is 6. The SMILES string of the molecule is CCOC(=O)c1c(NC(=O)CC)sc2c1CCN(C(=O)OC)C2. The lowest BCUT2D eigenvalue weighted by atomic mass is 10.0. The van der Waals surface area contributed by atoms with Gasteiger partial charge in [-0.15, -0.1) is 11.3 Å². The van der Waals surface area contributed by atoms with E-state index < -0.39 is 12.1 Å². The lowest BCUT2D eigenvalue weighted by Crippen LogP contribution is -2.35. The van der Waals surface area contributed by atoms with Crippen LogP contribution in [0.1, 0.15) is 41.1 Å². The van der Waals surface area contributed by atoms with Gasteiger partial charge in [-0.05, 0) is 18.9 Å². The zero-order valence-corrected chi connectivity index (χ0v) is 14.2. The minimum atomic E-state index is -0.442. The van der Waals surface area contributed by atoms with Gasteiger partial charge in [0.15, 0.2) is 0 Å². The van der Waals surface area contributed by atoms with Crippen molar-refractivity contribution in [3.05, 3.63) is 16.0 Å². The van der Waals surface area contributed by atoms with E-state index in [0.29, 0.717) is 36.5 Å². The molecule has 0 saturated carbocycles. The van der Waals surface area contributed by atoms with Crippen LogP contribution < -0.4 is 5.32 Å². The molecule has 0 saturated heterocycles. The summed E-state index contributed by atoms with van der Waals surface area (Å²) in [6.45, 7) is 4.57. The Hall–Kier alpha value is -2.09. The highest BCUT2D eigenvalue weighted by molar-refractivity contribution is 7.17. The molecule has 2 amide bonds. The number of carbonyl (C=O) groups excluding carboxylic acids is 3. The number of nitrogens with zero attached hydrogens (tertiary/aromatic N) is 1. The molecule has 0 unspecified atom stereocenters. The fourth-order valence-corrected chi connectivity index (χ4v) is 3.68. The van der Waals surface area contributed by atoms with Gasteiger partial charge in [0.25, 0.3) is 0 Å². The summed E-state index contributed by atoms with van der Waals surface area (Å²) >= 11 is 1.31. The lowest BCUT2D eigenvalue weighted by molar-refractivity contribution is -0.115. The van der Waals surface area contributed by atoms with Crippen LogP contribution in [0.5, 0.6) is 0 Å². The molecule has 1 N–H and O–H groups in total. The second-order valence-corrected chi connectivity index (χ2v) is 6.08. The Balaban J connectivity index is 2.36. The van der Waals surface area contributed by atoms with Crippen LogP contribution in [0.4, 0.5) is 9.80 Å². The van der Waals surface area contributed by atoms with E-state index in [1.54, 1.807) is 18.7 Å². The Kier molecular flexibility index (Phi) is 5.59. The van der Waals surface area contributed by atoms with Gasteiger partial charge in [0.2, 0.25) is 5.91 Å². The zero-order chi connectivity index (χ0) is 17.0. The highest BCUT2D eigenvalue weighted by atomic mass is 32.1. The number of esters is 1. The van der Waals surface area contributed by atoms with E-state index in [1.165, 1.54) is 18.4 Å². The highest BCUT2D eigenvalue weighted by Gasteiger charge is 2.31. The van der Waals surface area contributed by atoms with Crippen molar-refractivity contribution in [3.8, 4) is 0 Å². The van der Waals surface area contributed by atoms with Gasteiger partial charge in [0, 0.05) is 17.8 Å². The van der Waals surface area contributed by atoms with E-state index >= 15 is 0 Å². The van der Waals surface area contributed by atoms with Crippen molar-refractivity contribution in [1.29, 1.82) is 0 Å². The predicted octanol–water partition coefficient (Wildman–Crippen LogP) is 2.40. The standard InChI is InChI=1S/C15H20N2O5S/c1-4-11(18)16-13-12(14(19)22-5-2)9-6-7-17(15(20)21-3)8-10(9)23-13/h4-8H2,1-3H3,(H,16,18). The molecule has 1 aliphatic rings. The number of amides is 2. The molecule has 8 heteroatoms. The van der Waals surface area contributed by atoms with Gasteiger partial charge in [-0.1, -0.05) is 6.92 Å². The van der Waals surface area contributed by atoms with E-state index in [-0.39, 0.29) is 12.5 Å². The van der Waals surface area contributed by atoms with Crippen LogP contribution in [0.15, 0.2) is 0 Å². The van der Waals surface area contributed by atoms with Gasteiger partial charge in [0.1, 0.15) is 5.00 Å². The molecule has 126 valence electrons. The monoisotopic (exact) mass is 340 g/mol. The molecule has 1 aromatic rings. The first kappa shape index (κ1) is 17.3. The van der Waals surface area contributed by atoms with E-state index in [2.05, 4.69) is 5.32 Å². The first-order valence-corrected chi connectivity index (χ1v) is 8.27. The molecule has 1 aliphatic heterocycles. The summed E-state index contributed by atoms with van der Waals surface area (Å²) in [6.07, 6.45) is 0.441. The smallest absolute Gasteiger partial charge is 0.409 e. The highest BCUT2D eigenvalue weighted by Crippen LogP contribution is 2.37. The van der Waals surface area contributed by atoms with Crippen molar-refractivity contribution in [3.63, 3.8) is 0 Å². The summed E-state index contributed by atoms with van der Waals surface area (Å²) in [5.41, 5.74) is 1.26. The Morgan fingerprint density at radius 2 is 2.04 bits per heavy atom. The first-order valence-electron chi connectivity index (χ1n) is 7.46. The normalized spacial score (nSPS) is 13.3. The Labute approximate surface area is 138 Å². The molecule has 0 atom stereocenters. The molecule has 0 radical (unpaired) electrons. The summed E-state index contributed by atoms with van der Waals surface area (Å²) in [5.74, 6) is -0.609. The average molecular weight is 340 g/mol.